The summed E-state index contributed by atoms with van der Waals surface area (Å²) in [6.07, 6.45) is 1.13. The van der Waals surface area contributed by atoms with Crippen molar-refractivity contribution in [3.63, 3.8) is 0 Å². The molecule has 90 valence electrons. The van der Waals surface area contributed by atoms with Gasteiger partial charge in [-0.15, -0.1) is 0 Å². The number of benzene rings is 1. The molecule has 0 fully saturated rings. The molecule has 0 aliphatic carbocycles. The molecule has 0 amide bonds. The first kappa shape index (κ1) is 13.2. The summed E-state index contributed by atoms with van der Waals surface area (Å²) in [5.41, 5.74) is 4.61. The number of hydrogen-bond acceptors (Lipinski definition) is 1. The summed E-state index contributed by atoms with van der Waals surface area (Å²) in [6, 6.07) is 6.70. The van der Waals surface area contributed by atoms with Crippen molar-refractivity contribution in [3.05, 3.63) is 34.9 Å². The lowest BCUT2D eigenvalue weighted by molar-refractivity contribution is 0.381. The maximum absolute atomic E-state index is 3.52. The largest absolute Gasteiger partial charge is 0.316 e. The number of rotatable bonds is 4. The Morgan fingerprint density at radius 2 is 1.81 bits per heavy atom. The van der Waals surface area contributed by atoms with E-state index >= 15 is 0 Å². The van der Waals surface area contributed by atoms with Gasteiger partial charge in [0.1, 0.15) is 0 Å². The SMILES string of the molecule is Cc1ccc(C)c(CCNCC(C)(C)C)c1. The Balaban J connectivity index is 2.40. The Hall–Kier alpha value is -0.820. The van der Waals surface area contributed by atoms with Crippen LogP contribution in [0.2, 0.25) is 0 Å². The van der Waals surface area contributed by atoms with Crippen LogP contribution in [0.5, 0.6) is 0 Å². The van der Waals surface area contributed by atoms with Crippen LogP contribution in [-0.2, 0) is 6.42 Å². The van der Waals surface area contributed by atoms with E-state index in [4.69, 9.17) is 0 Å². The fourth-order valence-corrected chi connectivity index (χ4v) is 1.76. The molecular formula is C15H25N. The van der Waals surface area contributed by atoms with Crippen LogP contribution < -0.4 is 5.32 Å². The molecule has 0 aliphatic heterocycles. The van der Waals surface area contributed by atoms with E-state index in [2.05, 4.69) is 58.1 Å². The third-order valence-corrected chi connectivity index (χ3v) is 2.73. The molecule has 0 heterocycles. The summed E-state index contributed by atoms with van der Waals surface area (Å²) in [4.78, 5) is 0. The Morgan fingerprint density at radius 1 is 1.12 bits per heavy atom. The standard InChI is InChI=1S/C15H25N/c1-12-6-7-13(2)14(10-12)8-9-16-11-15(3,4)5/h6-7,10,16H,8-9,11H2,1-5H3. The number of hydrogen-bond donors (Lipinski definition) is 1. The quantitative estimate of drug-likeness (QED) is 0.764. The van der Waals surface area contributed by atoms with Crippen molar-refractivity contribution < 1.29 is 0 Å². The molecule has 0 bridgehead atoms. The third-order valence-electron chi connectivity index (χ3n) is 2.73. The minimum Gasteiger partial charge on any atom is -0.316 e. The highest BCUT2D eigenvalue weighted by Crippen LogP contribution is 2.12. The van der Waals surface area contributed by atoms with E-state index < -0.39 is 0 Å². The van der Waals surface area contributed by atoms with Crippen LogP contribution >= 0.6 is 0 Å². The second-order valence-electron chi connectivity index (χ2n) is 5.92. The van der Waals surface area contributed by atoms with Crippen molar-refractivity contribution in [1.29, 1.82) is 0 Å². The zero-order chi connectivity index (χ0) is 12.2. The molecule has 0 saturated heterocycles. The van der Waals surface area contributed by atoms with Crippen molar-refractivity contribution in [2.75, 3.05) is 13.1 Å². The first-order valence-corrected chi connectivity index (χ1v) is 6.15. The molecule has 1 nitrogen and oxygen atoms in total. The average molecular weight is 219 g/mol. The number of aryl methyl sites for hydroxylation is 2. The Bertz CT molecular complexity index is 334. The van der Waals surface area contributed by atoms with Crippen LogP contribution in [0.1, 0.15) is 37.5 Å². The predicted octanol–water partition coefficient (Wildman–Crippen LogP) is 3.48. The molecule has 0 aliphatic rings. The van der Waals surface area contributed by atoms with E-state index in [0.29, 0.717) is 5.41 Å². The summed E-state index contributed by atoms with van der Waals surface area (Å²) in [6.45, 7) is 13.3. The molecule has 0 aromatic heterocycles. The van der Waals surface area contributed by atoms with Gasteiger partial charge in [0, 0.05) is 6.54 Å². The lowest BCUT2D eigenvalue weighted by Crippen LogP contribution is -2.28. The molecule has 0 spiro atoms. The Labute approximate surface area is 100 Å². The topological polar surface area (TPSA) is 12.0 Å². The first-order valence-electron chi connectivity index (χ1n) is 6.15. The van der Waals surface area contributed by atoms with Crippen molar-refractivity contribution in [3.8, 4) is 0 Å². The Morgan fingerprint density at radius 3 is 2.44 bits per heavy atom. The smallest absolute Gasteiger partial charge is 0.000000407 e. The fourth-order valence-electron chi connectivity index (χ4n) is 1.76. The molecule has 16 heavy (non-hydrogen) atoms. The average Bonchev–Trinajstić information content (AvgIpc) is 2.16. The number of nitrogens with one attached hydrogen (secondary N) is 1. The summed E-state index contributed by atoms with van der Waals surface area (Å²) >= 11 is 0. The predicted molar refractivity (Wildman–Crippen MR) is 71.9 cm³/mol. The zero-order valence-corrected chi connectivity index (χ0v) is 11.4. The highest BCUT2D eigenvalue weighted by molar-refractivity contribution is 5.30. The van der Waals surface area contributed by atoms with Gasteiger partial charge >= 0.3 is 0 Å². The minimum atomic E-state index is 0.377. The van der Waals surface area contributed by atoms with Gasteiger partial charge in [-0.2, -0.15) is 0 Å². The van der Waals surface area contributed by atoms with E-state index in [9.17, 15) is 0 Å². The summed E-state index contributed by atoms with van der Waals surface area (Å²) in [5, 5.41) is 3.52. The molecule has 0 unspecified atom stereocenters. The highest BCUT2D eigenvalue weighted by atomic mass is 14.9. The van der Waals surface area contributed by atoms with Gasteiger partial charge in [0.15, 0.2) is 0 Å². The van der Waals surface area contributed by atoms with Gasteiger partial charge in [-0.3, -0.25) is 0 Å². The van der Waals surface area contributed by atoms with Gasteiger partial charge in [-0.25, -0.2) is 0 Å². The molecule has 1 aromatic carbocycles. The highest BCUT2D eigenvalue weighted by Gasteiger charge is 2.08. The lowest BCUT2D eigenvalue weighted by atomic mass is 9.97. The fraction of sp³-hybridized carbons (Fsp3) is 0.600. The second-order valence-corrected chi connectivity index (χ2v) is 5.92. The molecule has 0 radical (unpaired) electrons. The van der Waals surface area contributed by atoms with Gasteiger partial charge in [-0.05, 0) is 43.4 Å². The van der Waals surface area contributed by atoms with Gasteiger partial charge < -0.3 is 5.32 Å². The lowest BCUT2D eigenvalue weighted by Gasteiger charge is -2.19. The molecule has 1 heteroatoms. The van der Waals surface area contributed by atoms with E-state index in [1.54, 1.807) is 0 Å². The monoisotopic (exact) mass is 219 g/mol. The van der Waals surface area contributed by atoms with E-state index in [1.807, 2.05) is 0 Å². The molecular weight excluding hydrogens is 194 g/mol. The van der Waals surface area contributed by atoms with Crippen molar-refractivity contribution in [2.24, 2.45) is 5.41 Å². The summed E-state index contributed by atoms with van der Waals surface area (Å²) < 4.78 is 0. The minimum absolute atomic E-state index is 0.377. The van der Waals surface area contributed by atoms with Crippen molar-refractivity contribution in [2.45, 2.75) is 41.0 Å². The first-order chi connectivity index (χ1) is 7.38. The molecule has 0 atom stereocenters. The van der Waals surface area contributed by atoms with Gasteiger partial charge in [-0.1, -0.05) is 44.5 Å². The van der Waals surface area contributed by atoms with Crippen LogP contribution in [0, 0.1) is 19.3 Å². The van der Waals surface area contributed by atoms with Gasteiger partial charge in [0.05, 0.1) is 0 Å². The Kier molecular flexibility index (Phi) is 4.55. The molecule has 1 aromatic rings. The van der Waals surface area contributed by atoms with Crippen LogP contribution in [0.4, 0.5) is 0 Å². The van der Waals surface area contributed by atoms with E-state index in [1.165, 1.54) is 16.7 Å². The van der Waals surface area contributed by atoms with Crippen LogP contribution in [0.3, 0.4) is 0 Å². The van der Waals surface area contributed by atoms with Crippen molar-refractivity contribution in [1.82, 2.24) is 5.32 Å². The maximum Gasteiger partial charge on any atom is 0.000000407 e. The van der Waals surface area contributed by atoms with Gasteiger partial charge in [0.25, 0.3) is 0 Å². The van der Waals surface area contributed by atoms with Gasteiger partial charge in [0.2, 0.25) is 0 Å². The van der Waals surface area contributed by atoms with Crippen LogP contribution in [-0.4, -0.2) is 13.1 Å². The maximum atomic E-state index is 3.52. The molecule has 1 N–H and O–H groups in total. The molecule has 1 rings (SSSR count). The van der Waals surface area contributed by atoms with Crippen LogP contribution in [0.25, 0.3) is 0 Å². The normalized spacial score (nSPS) is 11.8. The zero-order valence-electron chi connectivity index (χ0n) is 11.4. The van der Waals surface area contributed by atoms with E-state index in [0.717, 1.165) is 19.5 Å². The summed E-state index contributed by atoms with van der Waals surface area (Å²) in [5.74, 6) is 0. The van der Waals surface area contributed by atoms with Crippen molar-refractivity contribution >= 4 is 0 Å². The second kappa shape index (κ2) is 5.49. The third kappa shape index (κ3) is 4.80. The van der Waals surface area contributed by atoms with Crippen LogP contribution in [0.15, 0.2) is 18.2 Å². The summed E-state index contributed by atoms with van der Waals surface area (Å²) in [7, 11) is 0. The molecule has 0 saturated carbocycles. The van der Waals surface area contributed by atoms with E-state index in [-0.39, 0.29) is 0 Å².